The van der Waals surface area contributed by atoms with Gasteiger partial charge in [0.05, 0.1) is 0 Å². The summed E-state index contributed by atoms with van der Waals surface area (Å²) in [6, 6.07) is 5.55. The number of hydrogen-bond donors (Lipinski definition) is 1. The zero-order valence-corrected chi connectivity index (χ0v) is 13.2. The number of hydrogen-bond acceptors (Lipinski definition) is 5. The number of urea groups is 1. The molecule has 0 spiro atoms. The molecule has 2 aromatic heterocycles. The second-order valence-electron chi connectivity index (χ2n) is 5.97. The van der Waals surface area contributed by atoms with Crippen LogP contribution in [-0.4, -0.2) is 52.7 Å². The van der Waals surface area contributed by atoms with Gasteiger partial charge < -0.3 is 14.3 Å². The summed E-state index contributed by atoms with van der Waals surface area (Å²) < 4.78 is 4.71. The highest BCUT2D eigenvalue weighted by Crippen LogP contribution is 2.19. The van der Waals surface area contributed by atoms with Crippen molar-refractivity contribution >= 4 is 11.8 Å². The molecule has 0 aliphatic carbocycles. The minimum Gasteiger partial charge on any atom is -0.363 e. The van der Waals surface area contributed by atoms with Crippen molar-refractivity contribution in [3.05, 3.63) is 42.4 Å². The third-order valence-corrected chi connectivity index (χ3v) is 3.99. The van der Waals surface area contributed by atoms with Gasteiger partial charge in [0.25, 0.3) is 0 Å². The van der Waals surface area contributed by atoms with Gasteiger partial charge in [-0.25, -0.2) is 4.79 Å². The summed E-state index contributed by atoms with van der Waals surface area (Å²) in [6.07, 6.45) is 6.13. The van der Waals surface area contributed by atoms with E-state index in [1.807, 2.05) is 17.2 Å². The van der Waals surface area contributed by atoms with Crippen LogP contribution >= 0.6 is 0 Å². The zero-order valence-electron chi connectivity index (χ0n) is 13.2. The molecule has 1 aliphatic rings. The zero-order chi connectivity index (χ0) is 16.1. The summed E-state index contributed by atoms with van der Waals surface area (Å²) in [5.41, 5.74) is 1.20. The maximum Gasteiger partial charge on any atom is 0.323 e. The molecule has 7 heteroatoms. The summed E-state index contributed by atoms with van der Waals surface area (Å²) in [6.45, 7) is 3.37. The largest absolute Gasteiger partial charge is 0.363 e. The molecule has 122 valence electrons. The van der Waals surface area contributed by atoms with Crippen molar-refractivity contribution in [3.63, 3.8) is 0 Å². The number of amides is 2. The highest BCUT2D eigenvalue weighted by atomic mass is 16.5. The second-order valence-corrected chi connectivity index (χ2v) is 5.97. The number of nitrogens with one attached hydrogen (secondary N) is 1. The Morgan fingerprint density at radius 2 is 2.43 bits per heavy atom. The van der Waals surface area contributed by atoms with Gasteiger partial charge in [0.1, 0.15) is 6.26 Å². The van der Waals surface area contributed by atoms with E-state index in [1.165, 1.54) is 11.8 Å². The van der Waals surface area contributed by atoms with Crippen LogP contribution in [-0.2, 0) is 6.54 Å². The van der Waals surface area contributed by atoms with Gasteiger partial charge in [-0.1, -0.05) is 11.2 Å². The van der Waals surface area contributed by atoms with Crippen LogP contribution in [0, 0.1) is 5.92 Å². The molecule has 1 unspecified atom stereocenters. The predicted octanol–water partition coefficient (Wildman–Crippen LogP) is 2.06. The highest BCUT2D eigenvalue weighted by molar-refractivity contribution is 5.88. The van der Waals surface area contributed by atoms with Gasteiger partial charge >= 0.3 is 6.03 Å². The van der Waals surface area contributed by atoms with E-state index in [0.717, 1.165) is 32.6 Å². The van der Waals surface area contributed by atoms with E-state index in [4.69, 9.17) is 4.52 Å². The third kappa shape index (κ3) is 4.29. The summed E-state index contributed by atoms with van der Waals surface area (Å²) in [4.78, 5) is 20.4. The van der Waals surface area contributed by atoms with E-state index in [0.29, 0.717) is 11.7 Å². The molecule has 0 aromatic carbocycles. The molecule has 2 amide bonds. The van der Waals surface area contributed by atoms with Crippen LogP contribution in [0.2, 0.25) is 0 Å². The van der Waals surface area contributed by atoms with Crippen molar-refractivity contribution in [1.82, 2.24) is 19.9 Å². The Morgan fingerprint density at radius 3 is 3.17 bits per heavy atom. The number of rotatable bonds is 5. The first-order chi connectivity index (χ1) is 11.2. The molecule has 1 atom stereocenters. The third-order valence-electron chi connectivity index (χ3n) is 3.99. The number of pyridine rings is 1. The van der Waals surface area contributed by atoms with E-state index in [9.17, 15) is 4.79 Å². The molecule has 3 heterocycles. The molecule has 1 aliphatic heterocycles. The van der Waals surface area contributed by atoms with Crippen molar-refractivity contribution in [3.8, 4) is 0 Å². The summed E-state index contributed by atoms with van der Waals surface area (Å²) in [5, 5.41) is 6.43. The number of anilines is 1. The monoisotopic (exact) mass is 315 g/mol. The summed E-state index contributed by atoms with van der Waals surface area (Å²) in [7, 11) is 2.10. The maximum atomic E-state index is 12.1. The fourth-order valence-electron chi connectivity index (χ4n) is 2.94. The lowest BCUT2D eigenvalue weighted by atomic mass is 10.1. The van der Waals surface area contributed by atoms with Crippen LogP contribution in [0.15, 0.2) is 41.4 Å². The number of likely N-dealkylation sites (tertiary alicyclic amines) is 1. The van der Waals surface area contributed by atoms with E-state index < -0.39 is 0 Å². The highest BCUT2D eigenvalue weighted by Gasteiger charge is 2.27. The van der Waals surface area contributed by atoms with Gasteiger partial charge in [-0.2, -0.15) is 0 Å². The Balaban J connectivity index is 1.45. The van der Waals surface area contributed by atoms with Crippen molar-refractivity contribution in [2.24, 2.45) is 5.92 Å². The van der Waals surface area contributed by atoms with Gasteiger partial charge in [0, 0.05) is 44.6 Å². The second kappa shape index (κ2) is 7.23. The number of aromatic nitrogens is 2. The average molecular weight is 315 g/mol. The van der Waals surface area contributed by atoms with Gasteiger partial charge in [0.15, 0.2) is 5.82 Å². The molecule has 7 nitrogen and oxygen atoms in total. The molecule has 2 aromatic rings. The Kier molecular flexibility index (Phi) is 4.87. The first kappa shape index (κ1) is 15.5. The van der Waals surface area contributed by atoms with E-state index in [1.54, 1.807) is 12.3 Å². The molecule has 3 rings (SSSR count). The first-order valence-corrected chi connectivity index (χ1v) is 7.74. The van der Waals surface area contributed by atoms with Crippen LogP contribution < -0.4 is 5.32 Å². The Bertz CT molecular complexity index is 617. The van der Waals surface area contributed by atoms with Crippen LogP contribution in [0.3, 0.4) is 0 Å². The van der Waals surface area contributed by atoms with Crippen molar-refractivity contribution < 1.29 is 9.32 Å². The van der Waals surface area contributed by atoms with Gasteiger partial charge in [-0.3, -0.25) is 10.3 Å². The minimum absolute atomic E-state index is 0.115. The van der Waals surface area contributed by atoms with E-state index in [-0.39, 0.29) is 6.03 Å². The Labute approximate surface area is 135 Å². The van der Waals surface area contributed by atoms with Crippen LogP contribution in [0.25, 0.3) is 0 Å². The molecule has 1 saturated heterocycles. The molecular formula is C16H21N5O2. The van der Waals surface area contributed by atoms with Gasteiger partial charge in [0.2, 0.25) is 0 Å². The van der Waals surface area contributed by atoms with Crippen molar-refractivity contribution in [2.45, 2.75) is 13.0 Å². The lowest BCUT2D eigenvalue weighted by molar-refractivity contribution is 0.216. The van der Waals surface area contributed by atoms with Crippen LogP contribution in [0.5, 0.6) is 0 Å². The topological polar surface area (TPSA) is 74.5 Å². The fraction of sp³-hybridized carbons (Fsp3) is 0.438. The van der Waals surface area contributed by atoms with Gasteiger partial charge in [-0.05, 0) is 31.0 Å². The van der Waals surface area contributed by atoms with Gasteiger partial charge in [-0.15, -0.1) is 0 Å². The molecular weight excluding hydrogens is 294 g/mol. The molecule has 0 radical (unpaired) electrons. The normalized spacial score (nSPS) is 17.7. The predicted molar refractivity (Wildman–Crippen MR) is 85.8 cm³/mol. The quantitative estimate of drug-likeness (QED) is 0.914. The number of nitrogens with zero attached hydrogens (tertiary/aromatic N) is 4. The molecule has 0 saturated carbocycles. The SMILES string of the molecule is CN(Cc1cccnc1)CC1CCN(C(=O)Nc2ccon2)C1. The Morgan fingerprint density at radius 1 is 1.52 bits per heavy atom. The van der Waals surface area contributed by atoms with Crippen molar-refractivity contribution in [2.75, 3.05) is 32.0 Å². The number of carbonyl (C=O) groups excluding carboxylic acids is 1. The molecule has 23 heavy (non-hydrogen) atoms. The van der Waals surface area contributed by atoms with E-state index >= 15 is 0 Å². The van der Waals surface area contributed by atoms with Crippen LogP contribution in [0.1, 0.15) is 12.0 Å². The Hall–Kier alpha value is -2.41. The van der Waals surface area contributed by atoms with E-state index in [2.05, 4.69) is 33.5 Å². The standard InChI is InChI=1S/C16H21N5O2/c1-20(10-13-3-2-6-17-9-13)11-14-4-7-21(12-14)16(22)18-15-5-8-23-19-15/h2-3,5-6,8-9,14H,4,7,10-12H2,1H3,(H,18,19,22). The molecule has 1 fully saturated rings. The lowest BCUT2D eigenvalue weighted by Gasteiger charge is -2.21. The average Bonchev–Trinajstić information content (AvgIpc) is 3.20. The minimum atomic E-state index is -0.115. The summed E-state index contributed by atoms with van der Waals surface area (Å²) in [5.74, 6) is 0.937. The summed E-state index contributed by atoms with van der Waals surface area (Å²) >= 11 is 0. The number of carbonyl (C=O) groups is 1. The molecule has 1 N–H and O–H groups in total. The molecule has 0 bridgehead atoms. The van der Waals surface area contributed by atoms with Crippen LogP contribution in [0.4, 0.5) is 10.6 Å². The fourth-order valence-corrected chi connectivity index (χ4v) is 2.94. The smallest absolute Gasteiger partial charge is 0.323 e. The first-order valence-electron chi connectivity index (χ1n) is 7.74. The maximum absolute atomic E-state index is 12.1. The lowest BCUT2D eigenvalue weighted by Crippen LogP contribution is -2.34. The van der Waals surface area contributed by atoms with Crippen molar-refractivity contribution in [1.29, 1.82) is 0 Å².